The van der Waals surface area contributed by atoms with Crippen LogP contribution in [0.3, 0.4) is 0 Å². The summed E-state index contributed by atoms with van der Waals surface area (Å²) in [6.45, 7) is 3.66. The van der Waals surface area contributed by atoms with Gasteiger partial charge in [0.05, 0.1) is 22.7 Å². The normalized spacial score (nSPS) is 10.9. The van der Waals surface area contributed by atoms with Gasteiger partial charge >= 0.3 is 0 Å². The highest BCUT2D eigenvalue weighted by atomic mass is 16.3. The Hall–Kier alpha value is -3.85. The number of phenolic OH excluding ortho intramolecular Hbond substituents is 1. The maximum atomic E-state index is 13.1. The third kappa shape index (κ3) is 2.66. The molecule has 0 atom stereocenters. The van der Waals surface area contributed by atoms with E-state index in [2.05, 4.69) is 16.0 Å². The van der Waals surface area contributed by atoms with Gasteiger partial charge in [-0.2, -0.15) is 5.26 Å². The maximum Gasteiger partial charge on any atom is 0.267 e. The van der Waals surface area contributed by atoms with Crippen LogP contribution < -0.4 is 5.56 Å². The first kappa shape index (κ1) is 16.6. The topological polar surface area (TPSA) is 94.7 Å². The van der Waals surface area contributed by atoms with Gasteiger partial charge in [0.1, 0.15) is 17.7 Å². The molecule has 0 aliphatic carbocycles. The number of aromatic amines is 1. The highest BCUT2D eigenvalue weighted by Gasteiger charge is 2.15. The molecule has 2 heterocycles. The van der Waals surface area contributed by atoms with Crippen LogP contribution in [0.4, 0.5) is 0 Å². The van der Waals surface area contributed by atoms with Gasteiger partial charge in [-0.05, 0) is 49.2 Å². The molecule has 0 aliphatic rings. The number of H-pyrrole nitrogens is 1. The number of fused-ring (bicyclic) bond motifs is 1. The van der Waals surface area contributed by atoms with Crippen molar-refractivity contribution >= 4 is 11.0 Å². The lowest BCUT2D eigenvalue weighted by Gasteiger charge is -2.13. The average molecular weight is 356 g/mol. The van der Waals surface area contributed by atoms with E-state index in [0.29, 0.717) is 27.8 Å². The molecule has 0 aliphatic heterocycles. The van der Waals surface area contributed by atoms with Crippen molar-refractivity contribution in [3.8, 4) is 28.8 Å². The molecule has 27 heavy (non-hydrogen) atoms. The number of nitriles is 1. The zero-order valence-corrected chi connectivity index (χ0v) is 14.8. The van der Waals surface area contributed by atoms with E-state index in [1.165, 1.54) is 10.9 Å². The van der Waals surface area contributed by atoms with Crippen LogP contribution in [0.15, 0.2) is 53.6 Å². The second-order valence-corrected chi connectivity index (χ2v) is 6.43. The van der Waals surface area contributed by atoms with E-state index in [1.54, 1.807) is 37.3 Å². The zero-order valence-electron chi connectivity index (χ0n) is 14.8. The Kier molecular flexibility index (Phi) is 3.78. The molecular weight excluding hydrogens is 340 g/mol. The molecule has 0 radical (unpaired) electrons. The van der Waals surface area contributed by atoms with Gasteiger partial charge in [-0.3, -0.25) is 9.36 Å². The van der Waals surface area contributed by atoms with Gasteiger partial charge in [0.25, 0.3) is 5.56 Å². The largest absolute Gasteiger partial charge is 0.508 e. The molecule has 0 fully saturated rings. The van der Waals surface area contributed by atoms with E-state index in [4.69, 9.17) is 5.26 Å². The van der Waals surface area contributed by atoms with Gasteiger partial charge < -0.3 is 10.1 Å². The fraction of sp³-hybridized carbons (Fsp3) is 0.0952. The van der Waals surface area contributed by atoms with Crippen molar-refractivity contribution in [1.29, 1.82) is 5.26 Å². The number of hydrogen-bond donors (Lipinski definition) is 2. The van der Waals surface area contributed by atoms with Gasteiger partial charge in [-0.25, -0.2) is 4.98 Å². The average Bonchev–Trinajstić information content (AvgIpc) is 3.12. The first-order chi connectivity index (χ1) is 13.0. The Labute approximate surface area is 155 Å². The van der Waals surface area contributed by atoms with Crippen LogP contribution in [0.5, 0.6) is 5.75 Å². The monoisotopic (exact) mass is 356 g/mol. The molecule has 2 aromatic carbocycles. The van der Waals surface area contributed by atoms with Crippen LogP contribution >= 0.6 is 0 Å². The van der Waals surface area contributed by atoms with E-state index in [1.807, 2.05) is 19.1 Å². The highest BCUT2D eigenvalue weighted by Crippen LogP contribution is 2.27. The second kappa shape index (κ2) is 6.15. The number of aromatic nitrogens is 3. The van der Waals surface area contributed by atoms with Crippen molar-refractivity contribution in [3.63, 3.8) is 0 Å². The Morgan fingerprint density at radius 1 is 1.15 bits per heavy atom. The predicted molar refractivity (Wildman–Crippen MR) is 103 cm³/mol. The molecule has 0 unspecified atom stereocenters. The summed E-state index contributed by atoms with van der Waals surface area (Å²) in [5, 5.41) is 19.4. The summed E-state index contributed by atoms with van der Waals surface area (Å²) in [4.78, 5) is 20.6. The van der Waals surface area contributed by atoms with Crippen LogP contribution in [0.1, 0.15) is 16.7 Å². The summed E-state index contributed by atoms with van der Waals surface area (Å²) in [6, 6.07) is 14.3. The quantitative estimate of drug-likeness (QED) is 0.574. The van der Waals surface area contributed by atoms with E-state index < -0.39 is 0 Å². The molecule has 0 amide bonds. The molecule has 2 aromatic heterocycles. The fourth-order valence-corrected chi connectivity index (χ4v) is 3.24. The molecule has 0 saturated heterocycles. The van der Waals surface area contributed by atoms with Gasteiger partial charge in [0.2, 0.25) is 0 Å². The lowest BCUT2D eigenvalue weighted by Crippen LogP contribution is -2.20. The van der Waals surface area contributed by atoms with Gasteiger partial charge in [0, 0.05) is 11.3 Å². The number of aromatic hydroxyl groups is 1. The Morgan fingerprint density at radius 2 is 1.89 bits per heavy atom. The number of nitrogens with one attached hydrogen (secondary N) is 1. The van der Waals surface area contributed by atoms with E-state index in [-0.39, 0.29) is 11.3 Å². The van der Waals surface area contributed by atoms with Gasteiger partial charge in [-0.15, -0.1) is 0 Å². The van der Waals surface area contributed by atoms with Crippen LogP contribution in [0.2, 0.25) is 0 Å². The lowest BCUT2D eigenvalue weighted by atomic mass is 10.1. The third-order valence-corrected chi connectivity index (χ3v) is 4.72. The van der Waals surface area contributed by atoms with Crippen molar-refractivity contribution < 1.29 is 5.11 Å². The number of phenols is 1. The molecule has 2 N–H and O–H groups in total. The molecule has 0 bridgehead atoms. The molecule has 4 rings (SSSR count). The summed E-state index contributed by atoms with van der Waals surface area (Å²) >= 11 is 0. The molecular formula is C21H16N4O2. The van der Waals surface area contributed by atoms with Crippen LogP contribution in [0, 0.1) is 25.2 Å². The van der Waals surface area contributed by atoms with Crippen molar-refractivity contribution in [2.75, 3.05) is 0 Å². The zero-order chi connectivity index (χ0) is 19.1. The van der Waals surface area contributed by atoms with Crippen molar-refractivity contribution in [2.24, 2.45) is 0 Å². The lowest BCUT2D eigenvalue weighted by molar-refractivity contribution is 0.470. The highest BCUT2D eigenvalue weighted by molar-refractivity contribution is 5.82. The smallest absolute Gasteiger partial charge is 0.267 e. The molecule has 0 spiro atoms. The number of aryl methyl sites for hydroxylation is 1. The van der Waals surface area contributed by atoms with E-state index >= 15 is 0 Å². The first-order valence-electron chi connectivity index (χ1n) is 8.40. The molecule has 6 heteroatoms. The minimum absolute atomic E-state index is 0.134. The van der Waals surface area contributed by atoms with Crippen LogP contribution in [-0.2, 0) is 0 Å². The van der Waals surface area contributed by atoms with Gasteiger partial charge in [0.15, 0.2) is 0 Å². The predicted octanol–water partition coefficient (Wildman–Crippen LogP) is 3.57. The third-order valence-electron chi connectivity index (χ3n) is 4.72. The van der Waals surface area contributed by atoms with E-state index in [0.717, 1.165) is 16.8 Å². The summed E-state index contributed by atoms with van der Waals surface area (Å²) in [6.07, 6.45) is 1.47. The molecule has 132 valence electrons. The second-order valence-electron chi connectivity index (χ2n) is 6.43. The van der Waals surface area contributed by atoms with Gasteiger partial charge in [-0.1, -0.05) is 18.2 Å². The minimum Gasteiger partial charge on any atom is -0.508 e. The SMILES string of the molecule is Cc1ccc(O)c(C)c1-n1cnc2[nH]c(-c3ccc(C#N)cc3)cc2c1=O. The fourth-order valence-electron chi connectivity index (χ4n) is 3.24. The number of hydrogen-bond acceptors (Lipinski definition) is 4. The van der Waals surface area contributed by atoms with Crippen molar-refractivity contribution in [2.45, 2.75) is 13.8 Å². The molecule has 0 saturated carbocycles. The summed E-state index contributed by atoms with van der Waals surface area (Å²) in [5.74, 6) is 0.134. The van der Waals surface area contributed by atoms with Crippen LogP contribution in [-0.4, -0.2) is 19.6 Å². The van der Waals surface area contributed by atoms with Crippen molar-refractivity contribution in [3.05, 3.63) is 75.8 Å². The first-order valence-corrected chi connectivity index (χ1v) is 8.40. The number of nitrogens with zero attached hydrogens (tertiary/aromatic N) is 3. The number of rotatable bonds is 2. The number of benzene rings is 2. The standard InChI is InChI=1S/C21H16N4O2/c1-12-3-8-18(26)13(2)19(12)25-11-23-20-16(21(25)27)9-17(24-20)15-6-4-14(10-22)5-7-15/h3-9,11,24,26H,1-2H3. The minimum atomic E-state index is -0.215. The Bertz CT molecular complexity index is 1270. The summed E-state index contributed by atoms with van der Waals surface area (Å²) < 4.78 is 1.46. The molecule has 6 nitrogen and oxygen atoms in total. The molecule has 4 aromatic rings. The van der Waals surface area contributed by atoms with E-state index in [9.17, 15) is 9.90 Å². The Morgan fingerprint density at radius 3 is 2.59 bits per heavy atom. The summed E-state index contributed by atoms with van der Waals surface area (Å²) in [7, 11) is 0. The van der Waals surface area contributed by atoms with Crippen molar-refractivity contribution in [1.82, 2.24) is 14.5 Å². The van der Waals surface area contributed by atoms with Crippen LogP contribution in [0.25, 0.3) is 28.0 Å². The Balaban J connectivity index is 1.90. The summed E-state index contributed by atoms with van der Waals surface area (Å²) in [5.41, 5.74) is 4.60. The maximum absolute atomic E-state index is 13.1.